The molecule has 3 rings (SSSR count). The molecule has 1 saturated carbocycles. The molecule has 2 fully saturated rings. The fraction of sp³-hybridized carbons (Fsp3) is 0.600. The van der Waals surface area contributed by atoms with Gasteiger partial charge in [-0.25, -0.2) is 4.99 Å². The van der Waals surface area contributed by atoms with Crippen molar-refractivity contribution >= 4 is 22.6 Å². The third-order valence-corrected chi connectivity index (χ3v) is 6.76. The van der Waals surface area contributed by atoms with Gasteiger partial charge >= 0.3 is 0 Å². The number of hydrogen-bond donors (Lipinski definition) is 0. The van der Waals surface area contributed by atoms with Crippen LogP contribution in [0.2, 0.25) is 0 Å². The average Bonchev–Trinajstić information content (AvgIpc) is 3.11. The summed E-state index contributed by atoms with van der Waals surface area (Å²) < 4.78 is 0.392. The van der Waals surface area contributed by atoms with E-state index < -0.39 is 0 Å². The zero-order valence-corrected chi connectivity index (χ0v) is 16.0. The van der Waals surface area contributed by atoms with Gasteiger partial charge in [-0.2, -0.15) is 5.26 Å². The van der Waals surface area contributed by atoms with E-state index in [9.17, 15) is 5.26 Å². The van der Waals surface area contributed by atoms with Crippen molar-refractivity contribution in [2.24, 2.45) is 10.9 Å². The van der Waals surface area contributed by atoms with Gasteiger partial charge in [-0.1, -0.05) is 38.5 Å². The van der Waals surface area contributed by atoms with E-state index in [1.807, 2.05) is 30.8 Å². The van der Waals surface area contributed by atoms with Gasteiger partial charge in [-0.3, -0.25) is 0 Å². The molecule has 0 atom stereocenters. The van der Waals surface area contributed by atoms with Gasteiger partial charge in [0.1, 0.15) is 0 Å². The Kier molecular flexibility index (Phi) is 4.92. The second-order valence-corrected chi connectivity index (χ2v) is 9.09. The molecule has 0 bridgehead atoms. The monoisotopic (exact) mass is 341 g/mol. The first-order valence-corrected chi connectivity index (χ1v) is 9.79. The Hall–Kier alpha value is -1.47. The van der Waals surface area contributed by atoms with Gasteiger partial charge < -0.3 is 4.90 Å². The third kappa shape index (κ3) is 3.32. The molecule has 1 aromatic rings. The van der Waals surface area contributed by atoms with E-state index >= 15 is 0 Å². The second kappa shape index (κ2) is 6.80. The van der Waals surface area contributed by atoms with Crippen LogP contribution in [-0.2, 0) is 0 Å². The van der Waals surface area contributed by atoms with E-state index in [-0.39, 0.29) is 0 Å². The summed E-state index contributed by atoms with van der Waals surface area (Å²) in [6.07, 6.45) is 5.34. The van der Waals surface area contributed by atoms with Crippen molar-refractivity contribution in [3.05, 3.63) is 28.8 Å². The normalized spacial score (nSPS) is 21.2. The second-order valence-electron chi connectivity index (χ2n) is 7.65. The molecule has 24 heavy (non-hydrogen) atoms. The third-order valence-electron chi connectivity index (χ3n) is 5.25. The van der Waals surface area contributed by atoms with E-state index in [4.69, 9.17) is 4.99 Å². The highest BCUT2D eigenvalue weighted by atomic mass is 32.2. The Morgan fingerprint density at radius 3 is 2.58 bits per heavy atom. The van der Waals surface area contributed by atoms with Crippen molar-refractivity contribution in [1.29, 1.82) is 5.26 Å². The Morgan fingerprint density at radius 1 is 1.25 bits per heavy atom. The summed E-state index contributed by atoms with van der Waals surface area (Å²) in [7, 11) is 0. The predicted molar refractivity (Wildman–Crippen MR) is 103 cm³/mol. The molecule has 1 aliphatic heterocycles. The van der Waals surface area contributed by atoms with Gasteiger partial charge in [0.15, 0.2) is 5.17 Å². The first-order chi connectivity index (χ1) is 11.4. The van der Waals surface area contributed by atoms with Gasteiger partial charge in [0, 0.05) is 17.8 Å². The maximum absolute atomic E-state index is 9.20. The summed E-state index contributed by atoms with van der Waals surface area (Å²) in [5.41, 5.74) is 3.94. The zero-order valence-electron chi connectivity index (χ0n) is 15.2. The minimum atomic E-state index is 0.392. The van der Waals surface area contributed by atoms with Crippen LogP contribution in [0.25, 0.3) is 0 Å². The fourth-order valence-electron chi connectivity index (χ4n) is 3.81. The predicted octanol–water partition coefficient (Wildman–Crippen LogP) is 5.18. The molecular weight excluding hydrogens is 314 g/mol. The largest absolute Gasteiger partial charge is 0.350 e. The molecule has 2 aliphatic rings. The highest BCUT2D eigenvalue weighted by molar-refractivity contribution is 8.15. The molecule has 128 valence electrons. The lowest BCUT2D eigenvalue weighted by molar-refractivity contribution is 0.346. The number of hydrogen-bond acceptors (Lipinski definition) is 3. The first kappa shape index (κ1) is 17.4. The Labute approximate surface area is 150 Å². The van der Waals surface area contributed by atoms with Crippen LogP contribution in [0.3, 0.4) is 0 Å². The summed E-state index contributed by atoms with van der Waals surface area (Å²) in [5, 5.41) is 10.4. The maximum atomic E-state index is 9.20. The van der Waals surface area contributed by atoms with Crippen LogP contribution in [0.4, 0.5) is 5.69 Å². The van der Waals surface area contributed by atoms with Crippen LogP contribution in [0.15, 0.2) is 17.1 Å². The van der Waals surface area contributed by atoms with E-state index in [1.54, 1.807) is 0 Å². The van der Waals surface area contributed by atoms with Gasteiger partial charge in [0.05, 0.1) is 17.3 Å². The number of benzene rings is 1. The van der Waals surface area contributed by atoms with Gasteiger partial charge in [-0.05, 0) is 55.9 Å². The van der Waals surface area contributed by atoms with E-state index in [1.165, 1.54) is 30.9 Å². The van der Waals surface area contributed by atoms with Crippen molar-refractivity contribution in [3.63, 3.8) is 0 Å². The summed E-state index contributed by atoms with van der Waals surface area (Å²) in [6, 6.07) is 6.17. The topological polar surface area (TPSA) is 39.4 Å². The summed E-state index contributed by atoms with van der Waals surface area (Å²) in [5.74, 6) is 0.635. The van der Waals surface area contributed by atoms with Crippen molar-refractivity contribution in [3.8, 4) is 6.07 Å². The maximum Gasteiger partial charge on any atom is 0.165 e. The van der Waals surface area contributed by atoms with Gasteiger partial charge in [0.2, 0.25) is 0 Å². The Morgan fingerprint density at radius 2 is 1.96 bits per heavy atom. The zero-order chi connectivity index (χ0) is 17.3. The molecule has 1 heterocycles. The lowest BCUT2D eigenvalue weighted by atomic mass is 10.0. The SMILES string of the molecule is Cc1c(C#N)ccc(/N=C2\SC3(CCCC3)CN2CC(C)C)c1C. The van der Waals surface area contributed by atoms with Crippen LogP contribution < -0.4 is 0 Å². The van der Waals surface area contributed by atoms with E-state index in [0.717, 1.165) is 35.5 Å². The first-order valence-electron chi connectivity index (χ1n) is 8.97. The molecule has 0 amide bonds. The minimum absolute atomic E-state index is 0.392. The molecule has 0 aromatic heterocycles. The molecule has 0 unspecified atom stereocenters. The highest BCUT2D eigenvalue weighted by Crippen LogP contribution is 2.48. The Balaban J connectivity index is 1.94. The number of aliphatic imine (C=N–C) groups is 1. The lowest BCUT2D eigenvalue weighted by Gasteiger charge is -2.23. The quantitative estimate of drug-likeness (QED) is 0.760. The van der Waals surface area contributed by atoms with Crippen LogP contribution in [0.1, 0.15) is 56.2 Å². The fourth-order valence-corrected chi connectivity index (χ4v) is 5.33. The van der Waals surface area contributed by atoms with Crippen LogP contribution in [0.5, 0.6) is 0 Å². The van der Waals surface area contributed by atoms with Crippen LogP contribution >= 0.6 is 11.8 Å². The highest BCUT2D eigenvalue weighted by Gasteiger charge is 2.44. The molecule has 1 saturated heterocycles. The number of amidine groups is 1. The molecule has 1 spiro atoms. The van der Waals surface area contributed by atoms with Crippen molar-refractivity contribution in [2.45, 2.75) is 58.1 Å². The summed E-state index contributed by atoms with van der Waals surface area (Å²) in [6.45, 7) is 10.9. The van der Waals surface area contributed by atoms with E-state index in [0.29, 0.717) is 10.7 Å². The minimum Gasteiger partial charge on any atom is -0.350 e. The van der Waals surface area contributed by atoms with Crippen molar-refractivity contribution < 1.29 is 0 Å². The molecule has 1 aliphatic carbocycles. The summed E-state index contributed by atoms with van der Waals surface area (Å²) >= 11 is 2.00. The van der Waals surface area contributed by atoms with Crippen LogP contribution in [-0.4, -0.2) is 27.9 Å². The number of nitriles is 1. The molecule has 1 aromatic carbocycles. The molecule has 0 radical (unpaired) electrons. The van der Waals surface area contributed by atoms with E-state index in [2.05, 4.69) is 31.7 Å². The standard InChI is InChI=1S/C20H27N3S/c1-14(2)12-23-13-20(9-5-6-10-20)24-19(23)22-18-8-7-17(11-21)15(3)16(18)4/h7-8,14H,5-6,9-10,12-13H2,1-4H3/b22-19-. The van der Waals surface area contributed by atoms with Gasteiger partial charge in [0.25, 0.3) is 0 Å². The number of thioether (sulfide) groups is 1. The van der Waals surface area contributed by atoms with Crippen molar-refractivity contribution in [1.82, 2.24) is 4.90 Å². The Bertz CT molecular complexity index is 694. The van der Waals surface area contributed by atoms with Gasteiger partial charge in [-0.15, -0.1) is 0 Å². The average molecular weight is 342 g/mol. The lowest BCUT2D eigenvalue weighted by Crippen LogP contribution is -2.33. The number of nitrogens with zero attached hydrogens (tertiary/aromatic N) is 3. The molecule has 0 N–H and O–H groups in total. The molecule has 3 nitrogen and oxygen atoms in total. The van der Waals surface area contributed by atoms with Crippen LogP contribution in [0, 0.1) is 31.1 Å². The number of rotatable bonds is 3. The molecular formula is C20H27N3S. The summed E-state index contributed by atoms with van der Waals surface area (Å²) in [4.78, 5) is 7.54. The van der Waals surface area contributed by atoms with Crippen molar-refractivity contribution in [2.75, 3.05) is 13.1 Å². The molecule has 4 heteroatoms. The smallest absolute Gasteiger partial charge is 0.165 e.